The molecule has 1 aliphatic rings. The van der Waals surface area contributed by atoms with E-state index in [1.165, 1.54) is 8.83 Å². The van der Waals surface area contributed by atoms with Crippen LogP contribution < -0.4 is 9.81 Å². The summed E-state index contributed by atoms with van der Waals surface area (Å²) in [5.74, 6) is 0. The molecule has 5 rings (SSSR count). The Morgan fingerprint density at radius 1 is 0.621 bits per heavy atom. The molecule has 0 bridgehead atoms. The normalized spacial score (nSPS) is 14.8. The van der Waals surface area contributed by atoms with E-state index in [0.29, 0.717) is 9.79 Å². The second-order valence-corrected chi connectivity index (χ2v) is 17.4. The molecule has 0 atom stereocenters. The second-order valence-electron chi connectivity index (χ2n) is 7.19. The molecule has 2 nitrogen and oxygen atoms in total. The molecule has 0 N–H and O–H groups in total. The molecule has 4 aromatic rings. The molecule has 0 unspecified atom stereocenters. The van der Waals surface area contributed by atoms with Crippen LogP contribution in [-0.4, -0.2) is 30.2 Å². The zero-order valence-electron chi connectivity index (χ0n) is 15.9. The number of benzene rings is 4. The van der Waals surface area contributed by atoms with Crippen LogP contribution in [0.3, 0.4) is 0 Å². The van der Waals surface area contributed by atoms with Crippen molar-refractivity contribution < 1.29 is 8.42 Å². The molecule has 0 saturated heterocycles. The summed E-state index contributed by atoms with van der Waals surface area (Å²) in [4.78, 5) is 0.993. The van der Waals surface area contributed by atoms with Gasteiger partial charge in [-0.25, -0.2) is 0 Å². The Balaban J connectivity index is 1.81. The predicted octanol–water partition coefficient (Wildman–Crippen LogP) is 3.32. The SMILES string of the molecule is Cc1cc[c]([Bi]2[c]3ccccc3S(=O)(=O)c3ccc(-c4ccccc4)c[c]32)cc1. The number of sulfone groups is 1. The summed E-state index contributed by atoms with van der Waals surface area (Å²) in [7, 11) is -3.50. The van der Waals surface area contributed by atoms with Crippen LogP contribution >= 0.6 is 0 Å². The molecule has 29 heavy (non-hydrogen) atoms. The van der Waals surface area contributed by atoms with Gasteiger partial charge in [-0.05, 0) is 0 Å². The van der Waals surface area contributed by atoms with Crippen LogP contribution in [0.1, 0.15) is 5.56 Å². The quantitative estimate of drug-likeness (QED) is 0.295. The van der Waals surface area contributed by atoms with Crippen LogP contribution in [0.15, 0.2) is 107 Å². The van der Waals surface area contributed by atoms with Gasteiger partial charge in [0.2, 0.25) is 0 Å². The summed E-state index contributed by atoms with van der Waals surface area (Å²) in [6, 6.07) is 32.3. The van der Waals surface area contributed by atoms with E-state index >= 15 is 0 Å². The maximum absolute atomic E-state index is 13.4. The van der Waals surface area contributed by atoms with Gasteiger partial charge in [0, 0.05) is 0 Å². The van der Waals surface area contributed by atoms with E-state index < -0.39 is 31.6 Å². The fourth-order valence-corrected chi connectivity index (χ4v) is 18.8. The first kappa shape index (κ1) is 18.7. The molecule has 142 valence electrons. The summed E-state index contributed by atoms with van der Waals surface area (Å²) in [6.45, 7) is 2.08. The summed E-state index contributed by atoms with van der Waals surface area (Å²) in [5, 5.41) is 0. The minimum absolute atomic E-state index is 0.495. The van der Waals surface area contributed by atoms with Crippen molar-refractivity contribution in [3.8, 4) is 11.1 Å². The molecule has 1 heterocycles. The molecule has 0 saturated carbocycles. The van der Waals surface area contributed by atoms with E-state index in [9.17, 15) is 8.42 Å². The molecule has 4 aromatic carbocycles. The van der Waals surface area contributed by atoms with Crippen LogP contribution in [0.25, 0.3) is 11.1 Å². The Morgan fingerprint density at radius 3 is 2.03 bits per heavy atom. The van der Waals surface area contributed by atoms with Crippen molar-refractivity contribution in [1.82, 2.24) is 0 Å². The summed E-state index contributed by atoms with van der Waals surface area (Å²) >= 11 is -2.75. The molecular weight excluding hydrogens is 573 g/mol. The van der Waals surface area contributed by atoms with E-state index in [0.717, 1.165) is 17.7 Å². The van der Waals surface area contributed by atoms with Gasteiger partial charge in [-0.3, -0.25) is 0 Å². The van der Waals surface area contributed by atoms with E-state index in [2.05, 4.69) is 49.4 Å². The number of rotatable bonds is 2. The van der Waals surface area contributed by atoms with Crippen LogP contribution in [0.4, 0.5) is 0 Å². The maximum atomic E-state index is 13.4. The van der Waals surface area contributed by atoms with Crippen molar-refractivity contribution in [1.29, 1.82) is 0 Å². The van der Waals surface area contributed by atoms with Crippen molar-refractivity contribution in [2.75, 3.05) is 0 Å². The topological polar surface area (TPSA) is 34.1 Å². The fraction of sp³-hybridized carbons (Fsp3) is 0.0400. The number of fused-ring (bicyclic) bond motifs is 2. The third-order valence-corrected chi connectivity index (χ3v) is 18.3. The Bertz CT molecular complexity index is 1310. The van der Waals surface area contributed by atoms with Crippen LogP contribution in [-0.2, 0) is 9.84 Å². The Hall–Kier alpha value is -2.29. The summed E-state index contributed by atoms with van der Waals surface area (Å²) in [6.07, 6.45) is 0. The number of hydrogen-bond donors (Lipinski definition) is 0. The second kappa shape index (κ2) is 7.20. The van der Waals surface area contributed by atoms with E-state index in [1.807, 2.05) is 48.5 Å². The standard InChI is InChI=1S/C18H12O2S.C7H7.Bi/c19-21(20,17-9-5-2-6-10-17)18-13-11-16(12-14-18)15-7-3-1-4-8-15;1-7-5-3-2-4-6-7;/h1-9,11-13H;3-6H,1H3;. The van der Waals surface area contributed by atoms with Crippen molar-refractivity contribution in [3.05, 3.63) is 103 Å². The van der Waals surface area contributed by atoms with Crippen molar-refractivity contribution in [3.63, 3.8) is 0 Å². The Kier molecular flexibility index (Phi) is 4.65. The first-order valence-electron chi connectivity index (χ1n) is 9.46. The molecule has 0 amide bonds. The van der Waals surface area contributed by atoms with Gasteiger partial charge in [-0.2, -0.15) is 0 Å². The average molecular weight is 592 g/mol. The molecule has 0 spiro atoms. The molecule has 0 fully saturated rings. The van der Waals surface area contributed by atoms with Gasteiger partial charge in [0.25, 0.3) is 0 Å². The van der Waals surface area contributed by atoms with Gasteiger partial charge < -0.3 is 0 Å². The Labute approximate surface area is 179 Å². The first-order valence-corrected chi connectivity index (χ1v) is 16.2. The van der Waals surface area contributed by atoms with Crippen LogP contribution in [0, 0.1) is 6.92 Å². The number of hydrogen-bond acceptors (Lipinski definition) is 2. The number of aryl methyl sites for hydroxylation is 1. The molecule has 1 aliphatic heterocycles. The predicted molar refractivity (Wildman–Crippen MR) is 120 cm³/mol. The van der Waals surface area contributed by atoms with Gasteiger partial charge in [0.05, 0.1) is 0 Å². The third kappa shape index (κ3) is 3.15. The van der Waals surface area contributed by atoms with Crippen molar-refractivity contribution in [2.24, 2.45) is 0 Å². The van der Waals surface area contributed by atoms with E-state index in [4.69, 9.17) is 0 Å². The van der Waals surface area contributed by atoms with Gasteiger partial charge in [-0.1, -0.05) is 0 Å². The zero-order chi connectivity index (χ0) is 20.0. The Morgan fingerprint density at radius 2 is 1.28 bits per heavy atom. The zero-order valence-corrected chi connectivity index (χ0v) is 20.2. The molecule has 4 heteroatoms. The van der Waals surface area contributed by atoms with Gasteiger partial charge >= 0.3 is 180 Å². The van der Waals surface area contributed by atoms with Gasteiger partial charge in [0.1, 0.15) is 0 Å². The fourth-order valence-electron chi connectivity index (χ4n) is 3.82. The monoisotopic (exact) mass is 592 g/mol. The van der Waals surface area contributed by atoms with Crippen molar-refractivity contribution in [2.45, 2.75) is 16.7 Å². The van der Waals surface area contributed by atoms with Gasteiger partial charge in [-0.15, -0.1) is 0 Å². The van der Waals surface area contributed by atoms with Gasteiger partial charge in [0.15, 0.2) is 0 Å². The molecule has 0 radical (unpaired) electrons. The van der Waals surface area contributed by atoms with Crippen LogP contribution in [0.5, 0.6) is 0 Å². The third-order valence-electron chi connectivity index (χ3n) is 5.28. The molecular formula is C25H19BiO2S. The molecule has 0 aromatic heterocycles. The summed E-state index contributed by atoms with van der Waals surface area (Å²) < 4.78 is 30.2. The van der Waals surface area contributed by atoms with E-state index in [1.54, 1.807) is 6.07 Å². The van der Waals surface area contributed by atoms with Crippen LogP contribution in [0.2, 0.25) is 0 Å². The minimum atomic E-state index is -3.50. The summed E-state index contributed by atoms with van der Waals surface area (Å²) in [5.41, 5.74) is 3.40. The molecule has 0 aliphatic carbocycles. The first-order chi connectivity index (χ1) is 14.1. The van der Waals surface area contributed by atoms with Crippen molar-refractivity contribution >= 4 is 41.4 Å². The average Bonchev–Trinajstić information content (AvgIpc) is 2.75. The van der Waals surface area contributed by atoms with E-state index in [-0.39, 0.29) is 0 Å².